The number of para-hydroxylation sites is 1. The van der Waals surface area contributed by atoms with Gasteiger partial charge in [0.25, 0.3) is 0 Å². The number of fused-ring (bicyclic) bond motifs is 3. The largest absolute Gasteiger partial charge is 0.294 e. The molecule has 0 saturated heterocycles. The van der Waals surface area contributed by atoms with E-state index in [-0.39, 0.29) is 0 Å². The molecule has 5 aromatic heterocycles. The average molecular weight is 552 g/mol. The van der Waals surface area contributed by atoms with Gasteiger partial charge in [-0.1, -0.05) is 84.9 Å². The molecule has 0 atom stereocenters. The Morgan fingerprint density at radius 2 is 1.09 bits per heavy atom. The van der Waals surface area contributed by atoms with Crippen LogP contribution in [-0.4, -0.2) is 24.5 Å². The smallest absolute Gasteiger partial charge is 0.138 e. The zero-order chi connectivity index (χ0) is 28.6. The van der Waals surface area contributed by atoms with Crippen LogP contribution in [0.2, 0.25) is 0 Å². The molecule has 5 nitrogen and oxygen atoms in total. The molecule has 0 aliphatic carbocycles. The SMILES string of the molecule is c1ccc(-c2ccc(-c3cc(-c4ccccn4)nc(-c4cccc(-n5c6ccccc6c6cnccc65)n4)c3)cc2)cc1. The molecule has 0 aliphatic rings. The average Bonchev–Trinajstić information content (AvgIpc) is 3.43. The van der Waals surface area contributed by atoms with Gasteiger partial charge in [0.15, 0.2) is 0 Å². The van der Waals surface area contributed by atoms with Gasteiger partial charge >= 0.3 is 0 Å². The van der Waals surface area contributed by atoms with Gasteiger partial charge in [-0.2, -0.15) is 0 Å². The predicted molar refractivity (Wildman–Crippen MR) is 174 cm³/mol. The van der Waals surface area contributed by atoms with E-state index in [1.165, 1.54) is 11.1 Å². The normalized spacial score (nSPS) is 11.3. The van der Waals surface area contributed by atoms with E-state index in [1.807, 2.05) is 60.9 Å². The molecule has 0 amide bonds. The fourth-order valence-electron chi connectivity index (χ4n) is 5.71. The lowest BCUT2D eigenvalue weighted by atomic mass is 9.99. The molecule has 5 heterocycles. The quantitative estimate of drug-likeness (QED) is 0.214. The van der Waals surface area contributed by atoms with E-state index < -0.39 is 0 Å². The predicted octanol–water partition coefficient (Wildman–Crippen LogP) is 9.03. The molecule has 0 aliphatic heterocycles. The zero-order valence-corrected chi connectivity index (χ0v) is 23.2. The van der Waals surface area contributed by atoms with Gasteiger partial charge in [0, 0.05) is 29.4 Å². The minimum absolute atomic E-state index is 0.787. The Morgan fingerprint density at radius 1 is 0.419 bits per heavy atom. The Morgan fingerprint density at radius 3 is 1.91 bits per heavy atom. The van der Waals surface area contributed by atoms with Crippen LogP contribution in [0.1, 0.15) is 0 Å². The summed E-state index contributed by atoms with van der Waals surface area (Å²) in [5, 5.41) is 2.25. The van der Waals surface area contributed by atoms with Crippen molar-refractivity contribution < 1.29 is 0 Å². The molecule has 3 aromatic carbocycles. The standard InChI is InChI=1S/C38H25N5/c1-2-9-26(10-3-1)27-16-18-28(19-17-27)29-23-34(32-12-6-7-21-40-32)41-35(24-29)33-13-8-15-38(42-33)43-36-14-5-4-11-30(36)31-25-39-22-20-37(31)43/h1-25H. The molecule has 8 rings (SSSR count). The molecular formula is C38H25N5. The second kappa shape index (κ2) is 10.5. The summed E-state index contributed by atoms with van der Waals surface area (Å²) in [5.41, 5.74) is 9.88. The Hall–Kier alpha value is -5.94. The molecule has 0 saturated carbocycles. The van der Waals surface area contributed by atoms with Crippen LogP contribution in [0.5, 0.6) is 0 Å². The van der Waals surface area contributed by atoms with Crippen molar-refractivity contribution in [3.8, 4) is 50.8 Å². The summed E-state index contributed by atoms with van der Waals surface area (Å²) in [5.74, 6) is 0.828. The summed E-state index contributed by atoms with van der Waals surface area (Å²) in [6, 6.07) is 45.7. The van der Waals surface area contributed by atoms with Crippen LogP contribution in [0, 0.1) is 0 Å². The Kier molecular flexibility index (Phi) is 6.05. The number of benzene rings is 3. The fraction of sp³-hybridized carbons (Fsp3) is 0. The van der Waals surface area contributed by atoms with Crippen LogP contribution < -0.4 is 0 Å². The van der Waals surface area contributed by atoms with Gasteiger partial charge in [-0.05, 0) is 70.8 Å². The van der Waals surface area contributed by atoms with Gasteiger partial charge in [0.2, 0.25) is 0 Å². The van der Waals surface area contributed by atoms with Crippen LogP contribution in [0.15, 0.2) is 152 Å². The first-order valence-corrected chi connectivity index (χ1v) is 14.2. The number of hydrogen-bond donors (Lipinski definition) is 0. The summed E-state index contributed by atoms with van der Waals surface area (Å²) in [6.45, 7) is 0. The van der Waals surface area contributed by atoms with E-state index in [0.717, 1.165) is 61.5 Å². The van der Waals surface area contributed by atoms with Crippen LogP contribution in [0.25, 0.3) is 72.7 Å². The summed E-state index contributed by atoms with van der Waals surface area (Å²) >= 11 is 0. The van der Waals surface area contributed by atoms with E-state index in [2.05, 4.69) is 99.5 Å². The highest BCUT2D eigenvalue weighted by atomic mass is 15.1. The van der Waals surface area contributed by atoms with Crippen molar-refractivity contribution in [3.05, 3.63) is 152 Å². The van der Waals surface area contributed by atoms with Crippen LogP contribution in [0.4, 0.5) is 0 Å². The van der Waals surface area contributed by atoms with Crippen LogP contribution >= 0.6 is 0 Å². The molecular weight excluding hydrogens is 526 g/mol. The van der Waals surface area contributed by atoms with Crippen molar-refractivity contribution >= 4 is 21.8 Å². The van der Waals surface area contributed by atoms with E-state index in [4.69, 9.17) is 9.97 Å². The van der Waals surface area contributed by atoms with E-state index in [1.54, 1.807) is 6.20 Å². The van der Waals surface area contributed by atoms with Gasteiger partial charge in [-0.15, -0.1) is 0 Å². The number of hydrogen-bond acceptors (Lipinski definition) is 4. The first-order chi connectivity index (χ1) is 21.3. The summed E-state index contributed by atoms with van der Waals surface area (Å²) in [4.78, 5) is 19.2. The van der Waals surface area contributed by atoms with Crippen molar-refractivity contribution in [2.75, 3.05) is 0 Å². The first-order valence-electron chi connectivity index (χ1n) is 14.2. The Labute approximate surface area is 248 Å². The number of nitrogens with zero attached hydrogens (tertiary/aromatic N) is 5. The third-order valence-electron chi connectivity index (χ3n) is 7.78. The molecule has 0 radical (unpaired) electrons. The van der Waals surface area contributed by atoms with Crippen molar-refractivity contribution in [1.29, 1.82) is 0 Å². The molecule has 202 valence electrons. The summed E-state index contributed by atoms with van der Waals surface area (Å²) < 4.78 is 2.20. The van der Waals surface area contributed by atoms with Crippen LogP contribution in [-0.2, 0) is 0 Å². The minimum Gasteiger partial charge on any atom is -0.294 e. The molecule has 0 N–H and O–H groups in total. The van der Waals surface area contributed by atoms with Crippen molar-refractivity contribution in [2.45, 2.75) is 0 Å². The second-order valence-electron chi connectivity index (χ2n) is 10.4. The Bertz CT molecular complexity index is 2170. The molecule has 0 unspecified atom stereocenters. The lowest BCUT2D eigenvalue weighted by Gasteiger charge is -2.12. The summed E-state index contributed by atoms with van der Waals surface area (Å²) in [6.07, 6.45) is 5.55. The van der Waals surface area contributed by atoms with Gasteiger partial charge in [-0.25, -0.2) is 9.97 Å². The number of pyridine rings is 4. The van der Waals surface area contributed by atoms with Gasteiger partial charge in [0.05, 0.1) is 33.8 Å². The number of rotatable bonds is 5. The van der Waals surface area contributed by atoms with Crippen LogP contribution in [0.3, 0.4) is 0 Å². The zero-order valence-electron chi connectivity index (χ0n) is 23.2. The van der Waals surface area contributed by atoms with Gasteiger partial charge in [-0.3, -0.25) is 14.5 Å². The highest BCUT2D eigenvalue weighted by Gasteiger charge is 2.15. The first kappa shape index (κ1) is 24.8. The third kappa shape index (κ3) is 4.53. The van der Waals surface area contributed by atoms with Crippen molar-refractivity contribution in [1.82, 2.24) is 24.5 Å². The van der Waals surface area contributed by atoms with E-state index in [0.29, 0.717) is 0 Å². The topological polar surface area (TPSA) is 56.5 Å². The van der Waals surface area contributed by atoms with Gasteiger partial charge < -0.3 is 0 Å². The third-order valence-corrected chi connectivity index (χ3v) is 7.78. The second-order valence-corrected chi connectivity index (χ2v) is 10.4. The lowest BCUT2D eigenvalue weighted by Crippen LogP contribution is -2.00. The van der Waals surface area contributed by atoms with Gasteiger partial charge in [0.1, 0.15) is 5.82 Å². The molecule has 43 heavy (non-hydrogen) atoms. The molecule has 0 spiro atoms. The molecule has 0 bridgehead atoms. The van der Waals surface area contributed by atoms with E-state index >= 15 is 0 Å². The maximum absolute atomic E-state index is 5.17. The van der Waals surface area contributed by atoms with Crippen molar-refractivity contribution in [3.63, 3.8) is 0 Å². The lowest BCUT2D eigenvalue weighted by molar-refractivity contribution is 1.07. The number of aromatic nitrogens is 5. The fourth-order valence-corrected chi connectivity index (χ4v) is 5.71. The maximum Gasteiger partial charge on any atom is 0.138 e. The Balaban J connectivity index is 1.27. The monoisotopic (exact) mass is 551 g/mol. The molecule has 0 fully saturated rings. The molecule has 5 heteroatoms. The summed E-state index contributed by atoms with van der Waals surface area (Å²) in [7, 11) is 0. The maximum atomic E-state index is 5.17. The highest BCUT2D eigenvalue weighted by Crippen LogP contribution is 2.33. The van der Waals surface area contributed by atoms with E-state index in [9.17, 15) is 0 Å². The van der Waals surface area contributed by atoms with Crippen molar-refractivity contribution in [2.24, 2.45) is 0 Å². The minimum atomic E-state index is 0.787. The molecule has 8 aromatic rings. The highest BCUT2D eigenvalue weighted by molar-refractivity contribution is 6.08.